The van der Waals surface area contributed by atoms with E-state index in [0.29, 0.717) is 23.0 Å². The lowest BCUT2D eigenvalue weighted by Crippen LogP contribution is -2.11. The van der Waals surface area contributed by atoms with Crippen molar-refractivity contribution >= 4 is 51.2 Å². The molecule has 2 aromatic carbocycles. The SMILES string of the molecule is COC(=O)/C(=C/Nc1ccc(Cl)c2ccccc12)c1ncc(C(F)(F)F)cc1Cl. The van der Waals surface area contributed by atoms with Gasteiger partial charge in [-0.05, 0) is 18.2 Å². The van der Waals surface area contributed by atoms with Crippen molar-refractivity contribution in [3.05, 3.63) is 76.2 Å². The van der Waals surface area contributed by atoms with E-state index in [2.05, 4.69) is 10.3 Å². The predicted octanol–water partition coefficient (Wildman–Crippen LogP) is 6.19. The standard InChI is InChI=1S/C20H13Cl2F3N2O2/c1-29-19(28)14(18-16(22)8-11(9-27-18)20(23,24)25)10-26-17-7-6-15(21)12-4-2-3-5-13(12)17/h2-10,26H,1H3/b14-10+. The molecular formula is C20H13Cl2F3N2O2. The third kappa shape index (κ3) is 4.46. The quantitative estimate of drug-likeness (QED) is 0.388. The minimum absolute atomic E-state index is 0.134. The topological polar surface area (TPSA) is 51.2 Å². The largest absolute Gasteiger partial charge is 0.465 e. The van der Waals surface area contributed by atoms with Crippen LogP contribution in [-0.2, 0) is 15.7 Å². The number of pyridine rings is 1. The zero-order chi connectivity index (χ0) is 21.2. The molecule has 0 aliphatic heterocycles. The molecule has 3 aromatic rings. The van der Waals surface area contributed by atoms with E-state index in [4.69, 9.17) is 27.9 Å². The summed E-state index contributed by atoms with van der Waals surface area (Å²) < 4.78 is 43.3. The van der Waals surface area contributed by atoms with Crippen LogP contribution < -0.4 is 5.32 Å². The van der Waals surface area contributed by atoms with Crippen LogP contribution in [-0.4, -0.2) is 18.1 Å². The summed E-state index contributed by atoms with van der Waals surface area (Å²) >= 11 is 12.2. The number of nitrogens with zero attached hydrogens (tertiary/aromatic N) is 1. The Morgan fingerprint density at radius 1 is 1.10 bits per heavy atom. The number of fused-ring (bicyclic) bond motifs is 1. The summed E-state index contributed by atoms with van der Waals surface area (Å²) in [6.07, 6.45) is -2.72. The van der Waals surface area contributed by atoms with Gasteiger partial charge < -0.3 is 10.1 Å². The maximum atomic E-state index is 12.8. The summed E-state index contributed by atoms with van der Waals surface area (Å²) in [5, 5.41) is 4.75. The minimum atomic E-state index is -4.61. The highest BCUT2D eigenvalue weighted by molar-refractivity contribution is 6.36. The molecule has 0 atom stereocenters. The van der Waals surface area contributed by atoms with Gasteiger partial charge in [-0.15, -0.1) is 0 Å². The Bertz CT molecular complexity index is 1110. The molecule has 4 nitrogen and oxygen atoms in total. The van der Waals surface area contributed by atoms with Crippen molar-refractivity contribution in [2.75, 3.05) is 12.4 Å². The van der Waals surface area contributed by atoms with Crippen LogP contribution in [0.2, 0.25) is 10.0 Å². The van der Waals surface area contributed by atoms with Gasteiger partial charge in [0.25, 0.3) is 0 Å². The number of benzene rings is 2. The third-order valence-corrected chi connectivity index (χ3v) is 4.69. The summed E-state index contributed by atoms with van der Waals surface area (Å²) in [6, 6.07) is 11.4. The molecule has 0 amide bonds. The molecule has 29 heavy (non-hydrogen) atoms. The molecule has 9 heteroatoms. The van der Waals surface area contributed by atoms with Crippen molar-refractivity contribution in [3.8, 4) is 0 Å². The highest BCUT2D eigenvalue weighted by Crippen LogP contribution is 2.34. The Morgan fingerprint density at radius 2 is 1.79 bits per heavy atom. The molecule has 3 rings (SSSR count). The van der Waals surface area contributed by atoms with E-state index in [-0.39, 0.29) is 16.3 Å². The fourth-order valence-electron chi connectivity index (χ4n) is 2.66. The zero-order valence-corrected chi connectivity index (χ0v) is 16.4. The lowest BCUT2D eigenvalue weighted by molar-refractivity contribution is -0.137. The number of methoxy groups -OCH3 is 1. The average Bonchev–Trinajstić information content (AvgIpc) is 2.69. The second-order valence-electron chi connectivity index (χ2n) is 5.89. The highest BCUT2D eigenvalue weighted by Gasteiger charge is 2.32. The fraction of sp³-hybridized carbons (Fsp3) is 0.100. The van der Waals surface area contributed by atoms with E-state index in [1.807, 2.05) is 24.3 Å². The second-order valence-corrected chi connectivity index (χ2v) is 6.70. The first kappa shape index (κ1) is 21.0. The number of ether oxygens (including phenoxy) is 1. The number of halogens is 5. The van der Waals surface area contributed by atoms with Crippen LogP contribution in [0.4, 0.5) is 18.9 Å². The molecule has 1 aromatic heterocycles. The van der Waals surface area contributed by atoms with Crippen molar-refractivity contribution in [2.24, 2.45) is 0 Å². The van der Waals surface area contributed by atoms with Crippen molar-refractivity contribution in [1.29, 1.82) is 0 Å². The Labute approximate surface area is 173 Å². The molecule has 0 radical (unpaired) electrons. The molecule has 0 spiro atoms. The van der Waals surface area contributed by atoms with Crippen LogP contribution in [0.1, 0.15) is 11.3 Å². The number of hydrogen-bond acceptors (Lipinski definition) is 4. The van der Waals surface area contributed by atoms with Gasteiger partial charge in [0.15, 0.2) is 0 Å². The molecular weight excluding hydrogens is 428 g/mol. The maximum Gasteiger partial charge on any atom is 0.417 e. The van der Waals surface area contributed by atoms with Gasteiger partial charge >= 0.3 is 12.1 Å². The number of carbonyl (C=O) groups excluding carboxylic acids is 1. The molecule has 0 aliphatic rings. The monoisotopic (exact) mass is 440 g/mol. The van der Waals surface area contributed by atoms with E-state index in [1.54, 1.807) is 12.1 Å². The van der Waals surface area contributed by atoms with E-state index >= 15 is 0 Å². The van der Waals surface area contributed by atoms with Gasteiger partial charge in [-0.3, -0.25) is 4.98 Å². The van der Waals surface area contributed by atoms with Crippen LogP contribution in [0.25, 0.3) is 16.3 Å². The predicted molar refractivity (Wildman–Crippen MR) is 107 cm³/mol. The van der Waals surface area contributed by atoms with Gasteiger partial charge in [0, 0.05) is 33.9 Å². The summed E-state index contributed by atoms with van der Waals surface area (Å²) in [5.41, 5.74) is -0.677. The van der Waals surface area contributed by atoms with Gasteiger partial charge in [-0.1, -0.05) is 47.5 Å². The van der Waals surface area contributed by atoms with Gasteiger partial charge in [-0.2, -0.15) is 13.2 Å². The van der Waals surface area contributed by atoms with Gasteiger partial charge in [-0.25, -0.2) is 4.79 Å². The molecule has 0 aliphatic carbocycles. The first-order valence-electron chi connectivity index (χ1n) is 8.17. The minimum Gasteiger partial charge on any atom is -0.465 e. The average molecular weight is 441 g/mol. The Kier molecular flexibility index (Phi) is 6.00. The normalized spacial score (nSPS) is 12.1. The lowest BCUT2D eigenvalue weighted by Gasteiger charge is -2.12. The molecule has 150 valence electrons. The Hall–Kier alpha value is -2.77. The van der Waals surface area contributed by atoms with Crippen LogP contribution in [0.3, 0.4) is 0 Å². The molecule has 0 saturated heterocycles. The summed E-state index contributed by atoms with van der Waals surface area (Å²) in [6.45, 7) is 0. The van der Waals surface area contributed by atoms with E-state index in [0.717, 1.165) is 17.9 Å². The number of hydrogen-bond donors (Lipinski definition) is 1. The number of nitrogens with one attached hydrogen (secondary N) is 1. The molecule has 1 heterocycles. The smallest absolute Gasteiger partial charge is 0.417 e. The van der Waals surface area contributed by atoms with Crippen molar-refractivity contribution in [2.45, 2.75) is 6.18 Å². The zero-order valence-electron chi connectivity index (χ0n) is 14.8. The second kappa shape index (κ2) is 8.31. The molecule has 0 bridgehead atoms. The van der Waals surface area contributed by atoms with E-state index in [1.165, 1.54) is 6.20 Å². The highest BCUT2D eigenvalue weighted by atomic mass is 35.5. The van der Waals surface area contributed by atoms with Crippen molar-refractivity contribution in [1.82, 2.24) is 4.98 Å². The van der Waals surface area contributed by atoms with Crippen LogP contribution >= 0.6 is 23.2 Å². The number of alkyl halides is 3. The third-order valence-electron chi connectivity index (χ3n) is 4.07. The van der Waals surface area contributed by atoms with Gasteiger partial charge in [0.1, 0.15) is 5.57 Å². The number of carbonyl (C=O) groups is 1. The lowest BCUT2D eigenvalue weighted by atomic mass is 10.1. The number of esters is 1. The number of rotatable bonds is 4. The van der Waals surface area contributed by atoms with E-state index in [9.17, 15) is 18.0 Å². The van der Waals surface area contributed by atoms with Crippen LogP contribution in [0.5, 0.6) is 0 Å². The first-order chi connectivity index (χ1) is 13.7. The molecule has 1 N–H and O–H groups in total. The molecule has 0 fully saturated rings. The number of aromatic nitrogens is 1. The van der Waals surface area contributed by atoms with Crippen molar-refractivity contribution < 1.29 is 22.7 Å². The first-order valence-corrected chi connectivity index (χ1v) is 8.93. The van der Waals surface area contributed by atoms with Gasteiger partial charge in [0.05, 0.1) is 23.4 Å². The molecule has 0 unspecified atom stereocenters. The maximum absolute atomic E-state index is 12.8. The van der Waals surface area contributed by atoms with Crippen LogP contribution in [0, 0.1) is 0 Å². The summed E-state index contributed by atoms with van der Waals surface area (Å²) in [4.78, 5) is 15.9. The summed E-state index contributed by atoms with van der Waals surface area (Å²) in [5.74, 6) is -0.815. The van der Waals surface area contributed by atoms with Gasteiger partial charge in [0.2, 0.25) is 0 Å². The van der Waals surface area contributed by atoms with E-state index < -0.39 is 17.7 Å². The summed E-state index contributed by atoms with van der Waals surface area (Å²) in [7, 11) is 1.14. The van der Waals surface area contributed by atoms with Crippen molar-refractivity contribution in [3.63, 3.8) is 0 Å². The fourth-order valence-corrected chi connectivity index (χ4v) is 3.16. The Balaban J connectivity index is 2.04. The molecule has 0 saturated carbocycles. The number of anilines is 1. The van der Waals surface area contributed by atoms with Crippen LogP contribution in [0.15, 0.2) is 54.9 Å². The Morgan fingerprint density at radius 3 is 2.41 bits per heavy atom.